The van der Waals surface area contributed by atoms with E-state index < -0.39 is 5.97 Å². The number of H-pyrrole nitrogens is 1. The lowest BCUT2D eigenvalue weighted by molar-refractivity contribution is 0.0517. The number of hydrogen-bond acceptors (Lipinski definition) is 4. The van der Waals surface area contributed by atoms with Crippen molar-refractivity contribution in [3.63, 3.8) is 0 Å². The number of carbonyl (C=O) groups excluding carboxylic acids is 1. The lowest BCUT2D eigenvalue weighted by Gasteiger charge is -2.22. The number of aromatic nitrogens is 1. The number of aromatic amines is 1. The van der Waals surface area contributed by atoms with Gasteiger partial charge in [-0.05, 0) is 45.0 Å². The van der Waals surface area contributed by atoms with E-state index in [1.807, 2.05) is 12.1 Å². The summed E-state index contributed by atoms with van der Waals surface area (Å²) in [5, 5.41) is 0.605. The summed E-state index contributed by atoms with van der Waals surface area (Å²) in [4.78, 5) is 30.6. The average molecular weight is 330 g/mol. The first kappa shape index (κ1) is 18.2. The SMILES string of the molecule is CCCN(CCC)Cc1c(C(=O)OCC)[nH]c2ccccc2c1=O. The second-order valence-electron chi connectivity index (χ2n) is 5.85. The van der Waals surface area contributed by atoms with Crippen molar-refractivity contribution in [3.8, 4) is 0 Å². The van der Waals surface area contributed by atoms with E-state index in [-0.39, 0.29) is 17.7 Å². The number of hydrogen-bond donors (Lipinski definition) is 1. The number of esters is 1. The average Bonchev–Trinajstić information content (AvgIpc) is 2.58. The molecule has 0 fully saturated rings. The fourth-order valence-corrected chi connectivity index (χ4v) is 2.93. The van der Waals surface area contributed by atoms with Crippen molar-refractivity contribution in [2.24, 2.45) is 0 Å². The van der Waals surface area contributed by atoms with Crippen LogP contribution in [0.3, 0.4) is 0 Å². The Morgan fingerprint density at radius 3 is 2.42 bits per heavy atom. The Labute approximate surface area is 142 Å². The van der Waals surface area contributed by atoms with Crippen molar-refractivity contribution >= 4 is 16.9 Å². The Morgan fingerprint density at radius 2 is 1.79 bits per heavy atom. The first-order valence-electron chi connectivity index (χ1n) is 8.65. The van der Waals surface area contributed by atoms with E-state index in [1.165, 1.54) is 0 Å². The van der Waals surface area contributed by atoms with Crippen molar-refractivity contribution in [1.82, 2.24) is 9.88 Å². The summed E-state index contributed by atoms with van der Waals surface area (Å²) in [6, 6.07) is 7.27. The summed E-state index contributed by atoms with van der Waals surface area (Å²) in [5.74, 6) is -0.469. The first-order valence-corrected chi connectivity index (χ1v) is 8.65. The largest absolute Gasteiger partial charge is 0.461 e. The van der Waals surface area contributed by atoms with Crippen LogP contribution in [-0.2, 0) is 11.3 Å². The van der Waals surface area contributed by atoms with Gasteiger partial charge < -0.3 is 9.72 Å². The molecule has 0 aliphatic rings. The molecular formula is C19H26N2O3. The number of ether oxygens (including phenoxy) is 1. The molecule has 2 aromatic rings. The van der Waals surface area contributed by atoms with E-state index >= 15 is 0 Å². The van der Waals surface area contributed by atoms with Gasteiger partial charge in [-0.15, -0.1) is 0 Å². The van der Waals surface area contributed by atoms with E-state index in [0.29, 0.717) is 23.0 Å². The summed E-state index contributed by atoms with van der Waals surface area (Å²) in [7, 11) is 0. The number of fused-ring (bicyclic) bond motifs is 1. The molecule has 0 radical (unpaired) electrons. The number of rotatable bonds is 8. The maximum Gasteiger partial charge on any atom is 0.355 e. The quantitative estimate of drug-likeness (QED) is 0.754. The number of benzene rings is 1. The van der Waals surface area contributed by atoms with Gasteiger partial charge in [0.1, 0.15) is 5.69 Å². The highest BCUT2D eigenvalue weighted by Gasteiger charge is 2.20. The van der Waals surface area contributed by atoms with Crippen LogP contribution in [0.1, 0.15) is 49.7 Å². The van der Waals surface area contributed by atoms with Crippen molar-refractivity contribution in [2.75, 3.05) is 19.7 Å². The number of nitrogens with one attached hydrogen (secondary N) is 1. The zero-order valence-electron chi connectivity index (χ0n) is 14.7. The van der Waals surface area contributed by atoms with Crippen LogP contribution in [-0.4, -0.2) is 35.5 Å². The predicted molar refractivity (Wildman–Crippen MR) is 96.4 cm³/mol. The van der Waals surface area contributed by atoms with Gasteiger partial charge in [0, 0.05) is 23.0 Å². The van der Waals surface area contributed by atoms with E-state index in [2.05, 4.69) is 23.7 Å². The van der Waals surface area contributed by atoms with E-state index in [9.17, 15) is 9.59 Å². The lowest BCUT2D eigenvalue weighted by Crippen LogP contribution is -2.30. The third kappa shape index (κ3) is 4.03. The lowest BCUT2D eigenvalue weighted by atomic mass is 10.1. The third-order valence-electron chi connectivity index (χ3n) is 3.95. The van der Waals surface area contributed by atoms with Crippen molar-refractivity contribution in [1.29, 1.82) is 0 Å². The molecule has 130 valence electrons. The third-order valence-corrected chi connectivity index (χ3v) is 3.95. The smallest absolute Gasteiger partial charge is 0.355 e. The molecule has 1 aromatic carbocycles. The molecule has 24 heavy (non-hydrogen) atoms. The van der Waals surface area contributed by atoms with Crippen molar-refractivity contribution < 1.29 is 9.53 Å². The molecule has 5 heteroatoms. The molecule has 0 aliphatic carbocycles. The summed E-state index contributed by atoms with van der Waals surface area (Å²) < 4.78 is 5.15. The fraction of sp³-hybridized carbons (Fsp3) is 0.474. The van der Waals surface area contributed by atoms with Gasteiger partial charge in [0.2, 0.25) is 0 Å². The van der Waals surface area contributed by atoms with Crippen LogP contribution < -0.4 is 5.43 Å². The molecule has 0 saturated carbocycles. The maximum absolute atomic E-state index is 12.9. The summed E-state index contributed by atoms with van der Waals surface area (Å²) in [6.45, 7) is 8.50. The number of nitrogens with zero attached hydrogens (tertiary/aromatic N) is 1. The summed E-state index contributed by atoms with van der Waals surface area (Å²) >= 11 is 0. The van der Waals surface area contributed by atoms with E-state index in [0.717, 1.165) is 25.9 Å². The summed E-state index contributed by atoms with van der Waals surface area (Å²) in [5.41, 5.74) is 1.34. The molecule has 5 nitrogen and oxygen atoms in total. The Balaban J connectivity index is 2.55. The zero-order valence-corrected chi connectivity index (χ0v) is 14.7. The van der Waals surface area contributed by atoms with Gasteiger partial charge in [-0.3, -0.25) is 9.69 Å². The Kier molecular flexibility index (Phi) is 6.55. The van der Waals surface area contributed by atoms with Gasteiger partial charge >= 0.3 is 5.97 Å². The highest BCUT2D eigenvalue weighted by Crippen LogP contribution is 2.15. The standard InChI is InChI=1S/C19H26N2O3/c1-4-11-21(12-5-2)13-15-17(19(23)24-6-3)20-16-10-8-7-9-14(16)18(15)22/h7-10H,4-6,11-13H2,1-3H3,(H,20,22). The minimum Gasteiger partial charge on any atom is -0.461 e. The van der Waals surface area contributed by atoms with Crippen LogP contribution >= 0.6 is 0 Å². The van der Waals surface area contributed by atoms with Crippen LogP contribution in [0.4, 0.5) is 0 Å². The van der Waals surface area contributed by atoms with Crippen molar-refractivity contribution in [2.45, 2.75) is 40.2 Å². The predicted octanol–water partition coefficient (Wildman–Crippen LogP) is 3.33. The van der Waals surface area contributed by atoms with Crippen LogP contribution in [0.2, 0.25) is 0 Å². The van der Waals surface area contributed by atoms with Gasteiger partial charge in [-0.25, -0.2) is 4.79 Å². The van der Waals surface area contributed by atoms with Crippen molar-refractivity contribution in [3.05, 3.63) is 45.7 Å². The molecule has 2 rings (SSSR count). The number of pyridine rings is 1. The Hall–Kier alpha value is -2.14. The van der Waals surface area contributed by atoms with Gasteiger partial charge in [0.15, 0.2) is 5.43 Å². The van der Waals surface area contributed by atoms with Crippen LogP contribution in [0, 0.1) is 0 Å². The molecule has 1 N–H and O–H groups in total. The molecular weight excluding hydrogens is 304 g/mol. The summed E-state index contributed by atoms with van der Waals surface area (Å²) in [6.07, 6.45) is 2.00. The minimum atomic E-state index is -0.469. The highest BCUT2D eigenvalue weighted by atomic mass is 16.5. The molecule has 0 amide bonds. The topological polar surface area (TPSA) is 62.4 Å². The highest BCUT2D eigenvalue weighted by molar-refractivity contribution is 5.92. The molecule has 0 saturated heterocycles. The Bertz CT molecular complexity index is 746. The van der Waals surface area contributed by atoms with Crippen LogP contribution in [0.25, 0.3) is 10.9 Å². The first-order chi connectivity index (χ1) is 11.6. The maximum atomic E-state index is 12.9. The van der Waals surface area contributed by atoms with Gasteiger partial charge in [-0.2, -0.15) is 0 Å². The molecule has 0 atom stereocenters. The Morgan fingerprint density at radius 1 is 1.12 bits per heavy atom. The normalized spacial score (nSPS) is 11.2. The van der Waals surface area contributed by atoms with Crippen LogP contribution in [0.15, 0.2) is 29.1 Å². The van der Waals surface area contributed by atoms with E-state index in [4.69, 9.17) is 4.74 Å². The minimum absolute atomic E-state index is 0.0930. The van der Waals surface area contributed by atoms with Gasteiger partial charge in [0.05, 0.1) is 6.61 Å². The fourth-order valence-electron chi connectivity index (χ4n) is 2.93. The second-order valence-corrected chi connectivity index (χ2v) is 5.85. The van der Waals surface area contributed by atoms with E-state index in [1.54, 1.807) is 19.1 Å². The second kappa shape index (κ2) is 8.64. The molecule has 0 aliphatic heterocycles. The molecule has 0 spiro atoms. The molecule has 0 unspecified atom stereocenters. The zero-order chi connectivity index (χ0) is 17.5. The van der Waals surface area contributed by atoms with Gasteiger partial charge in [0.25, 0.3) is 0 Å². The molecule has 0 bridgehead atoms. The number of para-hydroxylation sites is 1. The van der Waals surface area contributed by atoms with Gasteiger partial charge in [-0.1, -0.05) is 26.0 Å². The molecule has 1 aromatic heterocycles. The monoisotopic (exact) mass is 330 g/mol. The van der Waals surface area contributed by atoms with Crippen LogP contribution in [0.5, 0.6) is 0 Å². The molecule has 1 heterocycles. The number of carbonyl (C=O) groups is 1.